The van der Waals surface area contributed by atoms with Crippen LogP contribution in [0.4, 0.5) is 0 Å². The van der Waals surface area contributed by atoms with E-state index >= 15 is 0 Å². The van der Waals surface area contributed by atoms with Crippen molar-refractivity contribution in [3.8, 4) is 0 Å². The third-order valence-electron chi connectivity index (χ3n) is 3.78. The van der Waals surface area contributed by atoms with Crippen LogP contribution >= 0.6 is 0 Å². The lowest BCUT2D eigenvalue weighted by Crippen LogP contribution is -2.44. The summed E-state index contributed by atoms with van der Waals surface area (Å²) in [5.74, 6) is 0. The van der Waals surface area contributed by atoms with Crippen molar-refractivity contribution in [3.63, 3.8) is 0 Å². The molecule has 0 heterocycles. The molecule has 0 radical (unpaired) electrons. The monoisotopic (exact) mass is 304 g/mol. The minimum Gasteiger partial charge on any atom is -0.498 e. The molecule has 0 atom stereocenters. The van der Waals surface area contributed by atoms with E-state index in [1.807, 2.05) is 0 Å². The van der Waals surface area contributed by atoms with Crippen LogP contribution in [0.2, 0.25) is 18.1 Å². The molecule has 0 fully saturated rings. The van der Waals surface area contributed by atoms with Crippen molar-refractivity contribution >= 4 is 23.5 Å². The average Bonchev–Trinajstić information content (AvgIpc) is 2.45. The summed E-state index contributed by atoms with van der Waals surface area (Å²) >= 11 is -1.91. The number of unbranched alkanes of at least 4 members (excludes halogenated alkanes) is 2. The van der Waals surface area contributed by atoms with Gasteiger partial charge in [-0.1, -0.05) is 47.5 Å². The highest BCUT2D eigenvalue weighted by Gasteiger charge is 2.40. The van der Waals surface area contributed by atoms with E-state index in [0.717, 1.165) is 57.0 Å². The fourth-order valence-electron chi connectivity index (χ4n) is 1.97. The molecule has 0 bridgehead atoms. The Hall–Kier alpha value is 0.629. The zero-order chi connectivity index (χ0) is 14.6. The van der Waals surface area contributed by atoms with Gasteiger partial charge in [0.25, 0.3) is 0 Å². The Morgan fingerprint density at radius 2 is 1.16 bits per heavy atom. The van der Waals surface area contributed by atoms with E-state index in [1.165, 1.54) is 0 Å². The summed E-state index contributed by atoms with van der Waals surface area (Å²) in [4.78, 5) is 0. The largest absolute Gasteiger partial charge is 0.894 e. The topological polar surface area (TPSA) is 27.7 Å². The third-order valence-corrected chi connectivity index (χ3v) is 11.4. The molecule has 0 saturated carbocycles. The summed E-state index contributed by atoms with van der Waals surface area (Å²) in [6.07, 6.45) is 4.52. The maximum atomic E-state index is 6.41. The molecule has 3 nitrogen and oxygen atoms in total. The number of hydrogen-bond acceptors (Lipinski definition) is 3. The first-order valence-corrected chi connectivity index (χ1v) is 12.0. The molecule has 0 aromatic heterocycles. The van der Waals surface area contributed by atoms with E-state index in [4.69, 9.17) is 11.1 Å². The Morgan fingerprint density at radius 1 is 0.737 bits per heavy atom. The lowest BCUT2D eigenvalue weighted by molar-refractivity contribution is 0.133. The zero-order valence-corrected chi connectivity index (χ0v) is 15.8. The summed E-state index contributed by atoms with van der Waals surface area (Å²) in [6, 6.07) is 3.49. The van der Waals surface area contributed by atoms with Gasteiger partial charge in [0.1, 0.15) is 0 Å². The van der Waals surface area contributed by atoms with E-state index in [1.54, 1.807) is 0 Å². The van der Waals surface area contributed by atoms with Crippen LogP contribution in [0.15, 0.2) is 0 Å². The van der Waals surface area contributed by atoms with Crippen LogP contribution in [-0.4, -0.2) is 36.7 Å². The Bertz CT molecular complexity index is 183. The molecule has 5 heteroatoms. The van der Waals surface area contributed by atoms with Crippen molar-refractivity contribution in [2.45, 2.75) is 78.4 Å². The van der Waals surface area contributed by atoms with Crippen molar-refractivity contribution < 1.29 is 11.1 Å². The van der Waals surface area contributed by atoms with Gasteiger partial charge in [0.15, 0.2) is 8.32 Å². The predicted molar refractivity (Wildman–Crippen MR) is 85.8 cm³/mol. The predicted octanol–water partition coefficient (Wildman–Crippen LogP) is 4.63. The van der Waals surface area contributed by atoms with Gasteiger partial charge in [-0.15, -0.1) is 0 Å². The Balaban J connectivity index is 4.35. The van der Waals surface area contributed by atoms with Crippen molar-refractivity contribution in [1.82, 2.24) is 0 Å². The number of hydrogen-bond donors (Lipinski definition) is 0. The van der Waals surface area contributed by atoms with E-state index in [9.17, 15) is 0 Å². The van der Waals surface area contributed by atoms with Crippen molar-refractivity contribution in [2.75, 3.05) is 13.2 Å². The summed E-state index contributed by atoms with van der Waals surface area (Å²) in [5.41, 5.74) is 0. The molecule has 114 valence electrons. The highest BCUT2D eigenvalue weighted by molar-refractivity contribution is 6.78. The summed E-state index contributed by atoms with van der Waals surface area (Å²) in [7, 11) is -1.59. The molecular formula is C14H33AlO3Si. The molecule has 0 aliphatic rings. The normalized spacial score (nSPS) is 11.8. The molecule has 0 unspecified atom stereocenters. The quantitative estimate of drug-likeness (QED) is 0.367. The molecule has 0 spiro atoms. The maximum absolute atomic E-state index is 6.41. The first-order valence-electron chi connectivity index (χ1n) is 8.08. The summed E-state index contributed by atoms with van der Waals surface area (Å²) in [6.45, 7) is 12.7. The first-order chi connectivity index (χ1) is 9.17. The zero-order valence-electron chi connectivity index (χ0n) is 13.7. The van der Waals surface area contributed by atoms with Gasteiger partial charge >= 0.3 is 15.1 Å². The van der Waals surface area contributed by atoms with E-state index in [0.29, 0.717) is 0 Å². The third kappa shape index (κ3) is 8.49. The fraction of sp³-hybridized carbons (Fsp3) is 1.00. The van der Waals surface area contributed by atoms with Gasteiger partial charge in [-0.2, -0.15) is 0 Å². The minimum absolute atomic E-state index is 0.793. The first kappa shape index (κ1) is 19.6. The second kappa shape index (κ2) is 12.4. The van der Waals surface area contributed by atoms with Crippen LogP contribution in [0, 0.1) is 0 Å². The van der Waals surface area contributed by atoms with Gasteiger partial charge in [0.05, 0.1) is 0 Å². The molecule has 0 saturated heterocycles. The van der Waals surface area contributed by atoms with Gasteiger partial charge in [0, 0.05) is 13.2 Å². The Kier molecular flexibility index (Phi) is 12.8. The van der Waals surface area contributed by atoms with Crippen molar-refractivity contribution in [1.29, 1.82) is 0 Å². The van der Waals surface area contributed by atoms with Gasteiger partial charge in [-0.25, -0.2) is 0 Å². The van der Waals surface area contributed by atoms with Crippen LogP contribution in [0.25, 0.3) is 0 Å². The molecular weight excluding hydrogens is 271 g/mol. The lowest BCUT2D eigenvalue weighted by atomic mass is 10.4. The highest BCUT2D eigenvalue weighted by atomic mass is 28.4. The highest BCUT2D eigenvalue weighted by Crippen LogP contribution is 2.23. The smallest absolute Gasteiger partial charge is 0.498 e. The molecule has 0 N–H and O–H groups in total. The number of rotatable bonds is 13. The molecule has 0 amide bonds. The summed E-state index contributed by atoms with van der Waals surface area (Å²) < 4.78 is 18.3. The van der Waals surface area contributed by atoms with Gasteiger partial charge in [-0.3, -0.25) is 0 Å². The molecule has 0 aromatic carbocycles. The Morgan fingerprint density at radius 3 is 1.47 bits per heavy atom. The molecule has 19 heavy (non-hydrogen) atoms. The van der Waals surface area contributed by atoms with Gasteiger partial charge in [-0.05, 0) is 31.0 Å². The molecule has 0 rings (SSSR count). The van der Waals surface area contributed by atoms with Crippen LogP contribution in [0.1, 0.15) is 60.3 Å². The van der Waals surface area contributed by atoms with E-state index in [-0.39, 0.29) is 0 Å². The van der Waals surface area contributed by atoms with E-state index in [2.05, 4.69) is 34.6 Å². The Labute approximate surface area is 126 Å². The molecule has 0 aromatic rings. The fourth-order valence-corrected chi connectivity index (χ4v) is 8.46. The van der Waals surface area contributed by atoms with Crippen molar-refractivity contribution in [2.24, 2.45) is 0 Å². The lowest BCUT2D eigenvalue weighted by Gasteiger charge is -2.31. The van der Waals surface area contributed by atoms with Crippen LogP contribution < -0.4 is 0 Å². The maximum Gasteiger partial charge on any atom is 0.894 e. The van der Waals surface area contributed by atoms with Crippen molar-refractivity contribution in [3.05, 3.63) is 0 Å². The van der Waals surface area contributed by atoms with E-state index < -0.39 is 23.5 Å². The average molecular weight is 304 g/mol. The standard InChI is InChI=1S/C6H15OSi.2C4H9O.Al/c1-4-8(7,5-2)6-3;2*1-2-3-4-5;/h4-6H2,1-3H3;2*2-4H2,1H3;/q3*-1;+3. The second-order valence-electron chi connectivity index (χ2n) is 5.10. The summed E-state index contributed by atoms with van der Waals surface area (Å²) in [5, 5.41) is 0. The van der Waals surface area contributed by atoms with Crippen LogP contribution in [0.3, 0.4) is 0 Å². The SMILES string of the molecule is CCCC[O][Al]([O]CCCC)[O][Si](CC)(CC)CC. The van der Waals surface area contributed by atoms with Gasteiger partial charge < -0.3 is 11.1 Å². The molecule has 0 aliphatic heterocycles. The van der Waals surface area contributed by atoms with Crippen LogP contribution in [-0.2, 0) is 11.1 Å². The van der Waals surface area contributed by atoms with Crippen LogP contribution in [0.5, 0.6) is 0 Å². The minimum atomic E-state index is -1.91. The second-order valence-corrected chi connectivity index (χ2v) is 11.8. The van der Waals surface area contributed by atoms with Gasteiger partial charge in [0.2, 0.25) is 0 Å². The molecule has 0 aliphatic carbocycles.